The van der Waals surface area contributed by atoms with Gasteiger partial charge in [0.1, 0.15) is 0 Å². The molecule has 9 heteroatoms. The molecule has 0 unspecified atom stereocenters. The number of rotatable bonds is 6. The summed E-state index contributed by atoms with van der Waals surface area (Å²) in [5, 5.41) is 0. The van der Waals surface area contributed by atoms with Crippen molar-refractivity contribution in [2.45, 2.75) is 39.5 Å². The molecule has 0 aliphatic heterocycles. The van der Waals surface area contributed by atoms with Gasteiger partial charge in [0.15, 0.2) is 0 Å². The smallest absolute Gasteiger partial charge is 0.748 e. The minimum absolute atomic E-state index is 0. The van der Waals surface area contributed by atoms with Crippen LogP contribution in [0.2, 0.25) is 0 Å². The molecule has 0 aliphatic carbocycles. The van der Waals surface area contributed by atoms with E-state index < -0.39 is 20.2 Å². The number of hydrogen-bond acceptors (Lipinski definition) is 6. The Morgan fingerprint density at radius 1 is 0.765 bits per heavy atom. The van der Waals surface area contributed by atoms with Crippen LogP contribution in [-0.4, -0.2) is 37.4 Å². The molecule has 0 aromatic carbocycles. The van der Waals surface area contributed by atoms with Crippen LogP contribution in [0.15, 0.2) is 0 Å². The second-order valence-corrected chi connectivity index (χ2v) is 6.28. The van der Waals surface area contributed by atoms with Crippen molar-refractivity contribution >= 4 is 20.2 Å². The quantitative estimate of drug-likeness (QED) is 0.522. The molecule has 0 aliphatic rings. The fraction of sp³-hybridized carbons (Fsp3) is 1.00. The third-order valence-electron chi connectivity index (χ3n) is 1.50. The topological polar surface area (TPSA) is 114 Å². The maximum Gasteiger partial charge on any atom is 2.00 e. The van der Waals surface area contributed by atoms with Crippen LogP contribution >= 0.6 is 0 Å². The van der Waals surface area contributed by atoms with Crippen molar-refractivity contribution in [3.8, 4) is 0 Å². The third kappa shape index (κ3) is 31.4. The molecule has 0 saturated carbocycles. The Morgan fingerprint density at radius 3 is 1.06 bits per heavy atom. The Kier molecular flexibility index (Phi) is 15.1. The van der Waals surface area contributed by atoms with Gasteiger partial charge in [0.25, 0.3) is 0 Å². The molecule has 0 amide bonds. The van der Waals surface area contributed by atoms with Gasteiger partial charge in [0.2, 0.25) is 0 Å². The van der Waals surface area contributed by atoms with E-state index in [0.717, 1.165) is 12.8 Å². The summed E-state index contributed by atoms with van der Waals surface area (Å²) < 4.78 is 59.0. The summed E-state index contributed by atoms with van der Waals surface area (Å²) in [4.78, 5) is 0. The van der Waals surface area contributed by atoms with Crippen molar-refractivity contribution in [2.75, 3.05) is 11.5 Å². The molecule has 0 saturated heterocycles. The van der Waals surface area contributed by atoms with Gasteiger partial charge in [-0.15, -0.1) is 0 Å². The van der Waals surface area contributed by atoms with E-state index in [1.807, 2.05) is 13.8 Å². The average molecular weight is 330 g/mol. The zero-order valence-corrected chi connectivity index (χ0v) is 12.6. The molecule has 0 heterocycles. The van der Waals surface area contributed by atoms with Crippen LogP contribution in [0.4, 0.5) is 0 Å². The fourth-order valence-electron chi connectivity index (χ4n) is 0.642. The summed E-state index contributed by atoms with van der Waals surface area (Å²) >= 11 is 0. The third-order valence-corrected chi connectivity index (χ3v) is 3.07. The number of hydrogen-bond donors (Lipinski definition) is 0. The van der Waals surface area contributed by atoms with Crippen molar-refractivity contribution in [3.63, 3.8) is 0 Å². The van der Waals surface area contributed by atoms with E-state index in [4.69, 9.17) is 0 Å². The summed E-state index contributed by atoms with van der Waals surface area (Å²) in [6.07, 6.45) is 2.46. The monoisotopic (exact) mass is 330 g/mol. The number of unbranched alkanes of at least 4 members (excludes halogenated alkanes) is 2. The van der Waals surface area contributed by atoms with E-state index in [9.17, 15) is 25.9 Å². The Bertz CT molecular complexity index is 312. The van der Waals surface area contributed by atoms with Crippen LogP contribution in [0.25, 0.3) is 0 Å². The van der Waals surface area contributed by atoms with Crippen molar-refractivity contribution in [1.82, 2.24) is 0 Å². The second-order valence-electron chi connectivity index (χ2n) is 3.23. The van der Waals surface area contributed by atoms with Crippen LogP contribution in [0, 0.1) is 0 Å². The zero-order chi connectivity index (χ0) is 13.2. The Balaban J connectivity index is -0.000000218. The van der Waals surface area contributed by atoms with Crippen molar-refractivity contribution in [1.29, 1.82) is 0 Å². The van der Waals surface area contributed by atoms with Gasteiger partial charge in [-0.1, -0.05) is 26.7 Å². The molecule has 0 aromatic heterocycles. The van der Waals surface area contributed by atoms with E-state index in [0.29, 0.717) is 12.8 Å². The first-order chi connectivity index (χ1) is 7.12. The van der Waals surface area contributed by atoms with Gasteiger partial charge >= 0.3 is 17.1 Å². The molecule has 0 aromatic rings. The predicted octanol–water partition coefficient (Wildman–Crippen LogP) is 0.661. The Morgan fingerprint density at radius 2 is 1.00 bits per heavy atom. The van der Waals surface area contributed by atoms with Crippen molar-refractivity contribution in [3.05, 3.63) is 0 Å². The molecule has 0 atom stereocenters. The van der Waals surface area contributed by atoms with Crippen LogP contribution in [0.5, 0.6) is 0 Å². The summed E-state index contributed by atoms with van der Waals surface area (Å²) in [5.41, 5.74) is 0. The first-order valence-electron chi connectivity index (χ1n) is 4.99. The minimum Gasteiger partial charge on any atom is -0.748 e. The summed E-state index contributed by atoms with van der Waals surface area (Å²) in [5.74, 6) is -0.438. The van der Waals surface area contributed by atoms with Gasteiger partial charge in [-0.3, -0.25) is 0 Å². The fourth-order valence-corrected chi connectivity index (χ4v) is 1.93. The molecule has 0 radical (unpaired) electrons. The van der Waals surface area contributed by atoms with Gasteiger partial charge in [0, 0.05) is 11.5 Å². The molecular formula is C8H18FeO6S2. The second kappa shape index (κ2) is 11.4. The maximum absolute atomic E-state index is 9.83. The van der Waals surface area contributed by atoms with Gasteiger partial charge in [-0.05, 0) is 12.8 Å². The van der Waals surface area contributed by atoms with Gasteiger partial charge in [-0.2, -0.15) is 0 Å². The summed E-state index contributed by atoms with van der Waals surface area (Å²) in [7, 11) is -7.87. The minimum atomic E-state index is -3.94. The maximum atomic E-state index is 9.83. The Labute approximate surface area is 114 Å². The normalized spacial score (nSPS) is 11.1. The van der Waals surface area contributed by atoms with E-state index in [2.05, 4.69) is 0 Å². The molecule has 0 bridgehead atoms. The van der Waals surface area contributed by atoms with E-state index in [1.54, 1.807) is 0 Å². The molecule has 106 valence electrons. The zero-order valence-electron chi connectivity index (χ0n) is 9.86. The van der Waals surface area contributed by atoms with Gasteiger partial charge in [-0.25, -0.2) is 16.8 Å². The molecule has 0 spiro atoms. The first kappa shape index (κ1) is 22.5. The Hall–Kier alpha value is 0.339. The van der Waals surface area contributed by atoms with E-state index >= 15 is 0 Å². The standard InChI is InChI=1S/2C4H10O3S.Fe/c2*1-2-3-4-8(5,6)7;/h2*2-4H2,1H3,(H,5,6,7);/q;;+2/p-2. The van der Waals surface area contributed by atoms with Crippen LogP contribution < -0.4 is 0 Å². The first-order valence-corrected chi connectivity index (χ1v) is 8.15. The largest absolute Gasteiger partial charge is 2.00 e. The van der Waals surface area contributed by atoms with Crippen molar-refractivity contribution in [2.24, 2.45) is 0 Å². The van der Waals surface area contributed by atoms with Crippen LogP contribution in [0.3, 0.4) is 0 Å². The van der Waals surface area contributed by atoms with Gasteiger partial charge < -0.3 is 9.11 Å². The van der Waals surface area contributed by atoms with Gasteiger partial charge in [0.05, 0.1) is 20.2 Å². The predicted molar refractivity (Wildman–Crippen MR) is 58.9 cm³/mol. The molecule has 0 fully saturated rings. The summed E-state index contributed by atoms with van der Waals surface area (Å²) in [6.45, 7) is 3.68. The van der Waals surface area contributed by atoms with E-state index in [1.165, 1.54) is 0 Å². The average Bonchev–Trinajstić information content (AvgIpc) is 2.10. The van der Waals surface area contributed by atoms with Crippen LogP contribution in [-0.2, 0) is 37.3 Å². The van der Waals surface area contributed by atoms with Crippen LogP contribution in [0.1, 0.15) is 39.5 Å². The SMILES string of the molecule is CCCCS(=O)(=O)[O-].CCCCS(=O)(=O)[O-].[Fe+2]. The molecule has 0 rings (SSSR count). The molecular weight excluding hydrogens is 312 g/mol. The van der Waals surface area contributed by atoms with Crippen molar-refractivity contribution < 1.29 is 43.0 Å². The van der Waals surface area contributed by atoms with E-state index in [-0.39, 0.29) is 28.6 Å². The molecule has 0 N–H and O–H groups in total. The molecule has 17 heavy (non-hydrogen) atoms. The summed E-state index contributed by atoms with van der Waals surface area (Å²) in [6, 6.07) is 0. The molecule has 6 nitrogen and oxygen atoms in total.